The topological polar surface area (TPSA) is 52.0 Å². The first-order chi connectivity index (χ1) is 6.31. The molecule has 0 amide bonds. The van der Waals surface area contributed by atoms with Crippen LogP contribution in [0.4, 0.5) is 0 Å². The molecule has 0 radical (unpaired) electrons. The lowest BCUT2D eigenvalue weighted by Gasteiger charge is -2.00. The first kappa shape index (κ1) is 9.09. The van der Waals surface area contributed by atoms with Crippen LogP contribution in [-0.2, 0) is 6.54 Å². The quantitative estimate of drug-likeness (QED) is 0.785. The van der Waals surface area contributed by atoms with E-state index >= 15 is 0 Å². The highest BCUT2D eigenvalue weighted by molar-refractivity contribution is 7.99. The molecule has 0 spiro atoms. The van der Waals surface area contributed by atoms with E-state index in [1.54, 1.807) is 0 Å². The Morgan fingerprint density at radius 2 is 2.54 bits per heavy atom. The van der Waals surface area contributed by atoms with E-state index in [0.29, 0.717) is 12.5 Å². The second-order valence-electron chi connectivity index (χ2n) is 3.33. The average molecular weight is 198 g/mol. The standard InChI is InChI=1S/C9H14N2OS/c1-6-8(4-10)12-9(11-6)7-2-3-13-5-7/h7H,2-5,10H2,1H3. The molecule has 1 aromatic rings. The van der Waals surface area contributed by atoms with Gasteiger partial charge >= 0.3 is 0 Å². The van der Waals surface area contributed by atoms with E-state index in [1.807, 2.05) is 18.7 Å². The summed E-state index contributed by atoms with van der Waals surface area (Å²) in [5, 5.41) is 0. The number of hydrogen-bond acceptors (Lipinski definition) is 4. The van der Waals surface area contributed by atoms with E-state index in [0.717, 1.165) is 23.1 Å². The fourth-order valence-corrected chi connectivity index (χ4v) is 2.76. The van der Waals surface area contributed by atoms with Gasteiger partial charge in [0.15, 0.2) is 5.89 Å². The van der Waals surface area contributed by atoms with Crippen LogP contribution in [-0.4, -0.2) is 16.5 Å². The Morgan fingerprint density at radius 3 is 3.08 bits per heavy atom. The van der Waals surface area contributed by atoms with Crippen molar-refractivity contribution in [2.24, 2.45) is 5.73 Å². The zero-order valence-corrected chi connectivity index (χ0v) is 8.56. The first-order valence-electron chi connectivity index (χ1n) is 4.55. The van der Waals surface area contributed by atoms with Crippen LogP contribution in [0.3, 0.4) is 0 Å². The Bertz CT molecular complexity index is 292. The molecule has 1 aromatic heterocycles. The number of oxazole rings is 1. The number of rotatable bonds is 2. The van der Waals surface area contributed by atoms with Crippen molar-refractivity contribution in [3.63, 3.8) is 0 Å². The van der Waals surface area contributed by atoms with Gasteiger partial charge in [-0.25, -0.2) is 4.98 Å². The molecule has 1 saturated heterocycles. The van der Waals surface area contributed by atoms with Gasteiger partial charge in [-0.15, -0.1) is 0 Å². The average Bonchev–Trinajstić information content (AvgIpc) is 2.71. The lowest BCUT2D eigenvalue weighted by molar-refractivity contribution is 0.430. The molecule has 1 fully saturated rings. The SMILES string of the molecule is Cc1nc(C2CCSC2)oc1CN. The Labute approximate surface area is 82.1 Å². The van der Waals surface area contributed by atoms with Gasteiger partial charge in [0.2, 0.25) is 0 Å². The van der Waals surface area contributed by atoms with Crippen LogP contribution in [0.2, 0.25) is 0 Å². The summed E-state index contributed by atoms with van der Waals surface area (Å²) < 4.78 is 5.60. The van der Waals surface area contributed by atoms with Crippen LogP contribution in [0.5, 0.6) is 0 Å². The van der Waals surface area contributed by atoms with E-state index in [4.69, 9.17) is 10.2 Å². The zero-order chi connectivity index (χ0) is 9.26. The zero-order valence-electron chi connectivity index (χ0n) is 7.75. The fourth-order valence-electron chi connectivity index (χ4n) is 1.54. The van der Waals surface area contributed by atoms with E-state index < -0.39 is 0 Å². The van der Waals surface area contributed by atoms with Gasteiger partial charge in [-0.3, -0.25) is 0 Å². The third-order valence-corrected chi connectivity index (χ3v) is 3.54. The van der Waals surface area contributed by atoms with E-state index in [-0.39, 0.29) is 0 Å². The highest BCUT2D eigenvalue weighted by atomic mass is 32.2. The molecule has 0 saturated carbocycles. The predicted octanol–water partition coefficient (Wildman–Crippen LogP) is 1.66. The van der Waals surface area contributed by atoms with Crippen molar-refractivity contribution in [2.45, 2.75) is 25.8 Å². The number of nitrogens with two attached hydrogens (primary N) is 1. The summed E-state index contributed by atoms with van der Waals surface area (Å²) in [4.78, 5) is 4.40. The third-order valence-electron chi connectivity index (χ3n) is 2.37. The minimum Gasteiger partial charge on any atom is -0.444 e. The van der Waals surface area contributed by atoms with E-state index in [2.05, 4.69) is 4.98 Å². The summed E-state index contributed by atoms with van der Waals surface area (Å²) in [6.07, 6.45) is 1.19. The molecular weight excluding hydrogens is 184 g/mol. The van der Waals surface area contributed by atoms with Crippen molar-refractivity contribution in [1.82, 2.24) is 4.98 Å². The number of hydrogen-bond donors (Lipinski definition) is 1. The van der Waals surface area contributed by atoms with E-state index in [9.17, 15) is 0 Å². The molecule has 0 aliphatic carbocycles. The minimum absolute atomic E-state index is 0.457. The first-order valence-corrected chi connectivity index (χ1v) is 5.70. The normalized spacial score (nSPS) is 22.5. The number of nitrogens with zero attached hydrogens (tertiary/aromatic N) is 1. The van der Waals surface area contributed by atoms with Crippen molar-refractivity contribution < 1.29 is 4.42 Å². The van der Waals surface area contributed by atoms with Gasteiger partial charge in [0.1, 0.15) is 5.76 Å². The van der Waals surface area contributed by atoms with Crippen LogP contribution < -0.4 is 5.73 Å². The van der Waals surface area contributed by atoms with Gasteiger partial charge in [0, 0.05) is 11.7 Å². The molecule has 1 atom stereocenters. The molecule has 3 nitrogen and oxygen atoms in total. The largest absolute Gasteiger partial charge is 0.444 e. The molecule has 13 heavy (non-hydrogen) atoms. The highest BCUT2D eigenvalue weighted by Gasteiger charge is 2.23. The molecule has 1 aliphatic heterocycles. The van der Waals surface area contributed by atoms with Crippen molar-refractivity contribution in [3.8, 4) is 0 Å². The molecular formula is C9H14N2OS. The monoisotopic (exact) mass is 198 g/mol. The molecule has 0 bridgehead atoms. The second-order valence-corrected chi connectivity index (χ2v) is 4.48. The Morgan fingerprint density at radius 1 is 1.69 bits per heavy atom. The van der Waals surface area contributed by atoms with Gasteiger partial charge in [-0.05, 0) is 19.1 Å². The second kappa shape index (κ2) is 3.72. The molecule has 0 aromatic carbocycles. The van der Waals surface area contributed by atoms with Crippen LogP contribution in [0.25, 0.3) is 0 Å². The molecule has 72 valence electrons. The smallest absolute Gasteiger partial charge is 0.198 e. The maximum absolute atomic E-state index is 5.60. The summed E-state index contributed by atoms with van der Waals surface area (Å²) >= 11 is 1.97. The number of aryl methyl sites for hydroxylation is 1. The summed E-state index contributed by atoms with van der Waals surface area (Å²) in [7, 11) is 0. The molecule has 2 N–H and O–H groups in total. The molecule has 1 aliphatic rings. The number of aromatic nitrogens is 1. The van der Waals surface area contributed by atoms with Crippen molar-refractivity contribution in [2.75, 3.05) is 11.5 Å². The van der Waals surface area contributed by atoms with Gasteiger partial charge in [-0.2, -0.15) is 11.8 Å². The Balaban J connectivity index is 2.20. The summed E-state index contributed by atoms with van der Waals surface area (Å²) in [5.74, 6) is 4.62. The number of thioether (sulfide) groups is 1. The lowest BCUT2D eigenvalue weighted by Crippen LogP contribution is -1.96. The van der Waals surface area contributed by atoms with Gasteiger partial charge in [-0.1, -0.05) is 0 Å². The maximum atomic E-state index is 5.60. The van der Waals surface area contributed by atoms with Crippen LogP contribution in [0.15, 0.2) is 4.42 Å². The fraction of sp³-hybridized carbons (Fsp3) is 0.667. The maximum Gasteiger partial charge on any atom is 0.198 e. The van der Waals surface area contributed by atoms with Crippen LogP contribution >= 0.6 is 11.8 Å². The van der Waals surface area contributed by atoms with Gasteiger partial charge < -0.3 is 10.2 Å². The van der Waals surface area contributed by atoms with Crippen molar-refractivity contribution >= 4 is 11.8 Å². The van der Waals surface area contributed by atoms with Crippen LogP contribution in [0, 0.1) is 6.92 Å². The minimum atomic E-state index is 0.457. The highest BCUT2D eigenvalue weighted by Crippen LogP contribution is 2.32. The van der Waals surface area contributed by atoms with Gasteiger partial charge in [0.25, 0.3) is 0 Å². The lowest BCUT2D eigenvalue weighted by atomic mass is 10.1. The third kappa shape index (κ3) is 1.74. The summed E-state index contributed by atoms with van der Waals surface area (Å²) in [5.41, 5.74) is 6.48. The summed E-state index contributed by atoms with van der Waals surface area (Å²) in [6.45, 7) is 2.41. The van der Waals surface area contributed by atoms with Crippen LogP contribution in [0.1, 0.15) is 29.7 Å². The molecule has 1 unspecified atom stereocenters. The summed E-state index contributed by atoms with van der Waals surface area (Å²) in [6, 6.07) is 0. The van der Waals surface area contributed by atoms with Crippen molar-refractivity contribution in [3.05, 3.63) is 17.3 Å². The van der Waals surface area contributed by atoms with Gasteiger partial charge in [0.05, 0.1) is 12.2 Å². The Hall–Kier alpha value is -0.480. The molecule has 2 rings (SSSR count). The predicted molar refractivity (Wildman–Crippen MR) is 53.8 cm³/mol. The Kier molecular flexibility index (Phi) is 2.60. The van der Waals surface area contributed by atoms with Crippen molar-refractivity contribution in [1.29, 1.82) is 0 Å². The molecule has 2 heterocycles. The van der Waals surface area contributed by atoms with E-state index in [1.165, 1.54) is 12.2 Å². The molecule has 4 heteroatoms.